The molecular formula is C16H21BrN2O3. The van der Waals surface area contributed by atoms with E-state index in [-0.39, 0.29) is 5.91 Å². The van der Waals surface area contributed by atoms with Gasteiger partial charge in [-0.3, -0.25) is 4.79 Å². The Hall–Kier alpha value is -0.950. The van der Waals surface area contributed by atoms with Crippen LogP contribution in [0.5, 0.6) is 0 Å². The van der Waals surface area contributed by atoms with Gasteiger partial charge in [0, 0.05) is 29.5 Å². The molecule has 120 valence electrons. The van der Waals surface area contributed by atoms with Crippen LogP contribution >= 0.6 is 15.9 Å². The number of nitrogens with zero attached hydrogens (tertiary/aromatic N) is 1. The van der Waals surface area contributed by atoms with Gasteiger partial charge < -0.3 is 20.8 Å². The van der Waals surface area contributed by atoms with Gasteiger partial charge in [-0.2, -0.15) is 0 Å². The quantitative estimate of drug-likeness (QED) is 0.721. The fraction of sp³-hybridized carbons (Fsp3) is 0.562. The molecule has 0 bridgehead atoms. The van der Waals surface area contributed by atoms with Crippen LogP contribution in [0.3, 0.4) is 0 Å². The standard InChI is InChI=1S/C16H21BrN2O3/c17-12-4-2-1-3-10(12)9-5-6-19(8-9)16(22)11-7-13(18)15(21)14(11)20/h1-4,9,11,13-15,20-21H,5-8,18H2/t9?,11-,13+,14+,15-/m0/s1. The Morgan fingerprint density at radius 1 is 1.27 bits per heavy atom. The van der Waals surface area contributed by atoms with Crippen molar-refractivity contribution in [2.45, 2.75) is 37.0 Å². The van der Waals surface area contributed by atoms with E-state index in [0.29, 0.717) is 25.4 Å². The summed E-state index contributed by atoms with van der Waals surface area (Å²) in [5.74, 6) is -0.367. The van der Waals surface area contributed by atoms with Gasteiger partial charge in [0.2, 0.25) is 5.91 Å². The molecule has 5 atom stereocenters. The molecule has 5 nitrogen and oxygen atoms in total. The van der Waals surface area contributed by atoms with E-state index in [0.717, 1.165) is 10.9 Å². The number of nitrogens with two attached hydrogens (primary N) is 1. The molecule has 1 heterocycles. The maximum Gasteiger partial charge on any atom is 0.228 e. The lowest BCUT2D eigenvalue weighted by molar-refractivity contribution is -0.138. The Balaban J connectivity index is 1.68. The highest BCUT2D eigenvalue weighted by Crippen LogP contribution is 2.34. The summed E-state index contributed by atoms with van der Waals surface area (Å²) in [4.78, 5) is 14.4. The van der Waals surface area contributed by atoms with Crippen LogP contribution in [0.2, 0.25) is 0 Å². The van der Waals surface area contributed by atoms with Crippen LogP contribution in [0.15, 0.2) is 28.7 Å². The normalized spacial score (nSPS) is 35.1. The second kappa shape index (κ2) is 6.28. The van der Waals surface area contributed by atoms with Crippen LogP contribution in [0.25, 0.3) is 0 Å². The summed E-state index contributed by atoms with van der Waals surface area (Å²) in [6.45, 7) is 1.33. The van der Waals surface area contributed by atoms with Crippen molar-refractivity contribution in [3.05, 3.63) is 34.3 Å². The largest absolute Gasteiger partial charge is 0.390 e. The Kier molecular flexibility index (Phi) is 4.54. The van der Waals surface area contributed by atoms with Gasteiger partial charge in [0.1, 0.15) is 0 Å². The molecular weight excluding hydrogens is 348 g/mol. The van der Waals surface area contributed by atoms with Gasteiger partial charge in [-0.05, 0) is 24.5 Å². The molecule has 1 saturated carbocycles. The van der Waals surface area contributed by atoms with Crippen molar-refractivity contribution in [3.63, 3.8) is 0 Å². The first-order valence-corrected chi connectivity index (χ1v) is 8.43. The summed E-state index contributed by atoms with van der Waals surface area (Å²) in [5.41, 5.74) is 6.96. The highest BCUT2D eigenvalue weighted by atomic mass is 79.9. The molecule has 1 aromatic rings. The van der Waals surface area contributed by atoms with Crippen LogP contribution in [0.4, 0.5) is 0 Å². The fourth-order valence-corrected chi connectivity index (χ4v) is 4.17. The van der Waals surface area contributed by atoms with Crippen LogP contribution in [-0.4, -0.2) is 52.4 Å². The molecule has 1 aliphatic carbocycles. The summed E-state index contributed by atoms with van der Waals surface area (Å²) in [5, 5.41) is 19.7. The minimum Gasteiger partial charge on any atom is -0.390 e. The zero-order valence-electron chi connectivity index (χ0n) is 12.2. The lowest BCUT2D eigenvalue weighted by Gasteiger charge is -2.23. The maximum atomic E-state index is 12.6. The summed E-state index contributed by atoms with van der Waals surface area (Å²) in [6, 6.07) is 7.54. The second-order valence-corrected chi connectivity index (χ2v) is 7.13. The third-order valence-electron chi connectivity index (χ3n) is 4.89. The Morgan fingerprint density at radius 3 is 2.64 bits per heavy atom. The van der Waals surface area contributed by atoms with Gasteiger partial charge >= 0.3 is 0 Å². The summed E-state index contributed by atoms with van der Waals surface area (Å²) < 4.78 is 1.06. The molecule has 2 aliphatic rings. The third-order valence-corrected chi connectivity index (χ3v) is 5.61. The molecule has 3 rings (SSSR count). The number of halogens is 1. The molecule has 0 spiro atoms. The number of hydrogen-bond acceptors (Lipinski definition) is 4. The van der Waals surface area contributed by atoms with Gasteiger partial charge in [-0.15, -0.1) is 0 Å². The number of hydrogen-bond donors (Lipinski definition) is 3. The second-order valence-electron chi connectivity index (χ2n) is 6.28. The van der Waals surface area contributed by atoms with Gasteiger partial charge in [-0.25, -0.2) is 0 Å². The number of aliphatic hydroxyl groups excluding tert-OH is 2. The van der Waals surface area contributed by atoms with Crippen molar-refractivity contribution in [2.24, 2.45) is 11.7 Å². The molecule has 1 aromatic carbocycles. The van der Waals surface area contributed by atoms with E-state index in [9.17, 15) is 15.0 Å². The molecule has 1 unspecified atom stereocenters. The molecule has 2 fully saturated rings. The van der Waals surface area contributed by atoms with E-state index in [1.165, 1.54) is 5.56 Å². The van der Waals surface area contributed by atoms with Gasteiger partial charge in [-0.1, -0.05) is 34.1 Å². The molecule has 1 saturated heterocycles. The van der Waals surface area contributed by atoms with Crippen LogP contribution < -0.4 is 5.73 Å². The number of likely N-dealkylation sites (tertiary alicyclic amines) is 1. The Morgan fingerprint density at radius 2 is 2.00 bits per heavy atom. The molecule has 22 heavy (non-hydrogen) atoms. The zero-order chi connectivity index (χ0) is 15.9. The highest BCUT2D eigenvalue weighted by molar-refractivity contribution is 9.10. The predicted octanol–water partition coefficient (Wildman–Crippen LogP) is 0.834. The molecule has 4 N–H and O–H groups in total. The third kappa shape index (κ3) is 2.80. The SMILES string of the molecule is N[C@@H]1C[C@H](C(=O)N2CCC(c3ccccc3Br)C2)[C@@H](O)[C@H]1O. The smallest absolute Gasteiger partial charge is 0.228 e. The Bertz CT molecular complexity index is 568. The summed E-state index contributed by atoms with van der Waals surface area (Å²) >= 11 is 3.56. The fourth-order valence-electron chi connectivity index (χ4n) is 3.57. The predicted molar refractivity (Wildman–Crippen MR) is 86.2 cm³/mol. The zero-order valence-corrected chi connectivity index (χ0v) is 13.8. The van der Waals surface area contributed by atoms with Gasteiger partial charge in [0.25, 0.3) is 0 Å². The first kappa shape index (κ1) is 15.9. The topological polar surface area (TPSA) is 86.8 Å². The molecule has 1 amide bonds. The van der Waals surface area contributed by atoms with Gasteiger partial charge in [0.05, 0.1) is 18.1 Å². The van der Waals surface area contributed by atoms with Crippen molar-refractivity contribution in [1.29, 1.82) is 0 Å². The Labute approximate surface area is 138 Å². The van der Waals surface area contributed by atoms with E-state index < -0.39 is 24.2 Å². The van der Waals surface area contributed by atoms with E-state index in [1.54, 1.807) is 4.90 Å². The molecule has 1 aliphatic heterocycles. The van der Waals surface area contributed by atoms with Crippen molar-refractivity contribution < 1.29 is 15.0 Å². The van der Waals surface area contributed by atoms with E-state index >= 15 is 0 Å². The number of carbonyl (C=O) groups is 1. The van der Waals surface area contributed by atoms with Gasteiger partial charge in [0.15, 0.2) is 0 Å². The summed E-state index contributed by atoms with van der Waals surface area (Å²) in [7, 11) is 0. The number of carbonyl (C=O) groups excluding carboxylic acids is 1. The van der Waals surface area contributed by atoms with E-state index in [4.69, 9.17) is 5.73 Å². The highest BCUT2D eigenvalue weighted by Gasteiger charge is 2.45. The van der Waals surface area contributed by atoms with Crippen LogP contribution in [0.1, 0.15) is 24.3 Å². The molecule has 0 aromatic heterocycles. The summed E-state index contributed by atoms with van der Waals surface area (Å²) in [6.07, 6.45) is -0.802. The van der Waals surface area contributed by atoms with E-state index in [1.807, 2.05) is 18.2 Å². The van der Waals surface area contributed by atoms with E-state index in [2.05, 4.69) is 22.0 Å². The van der Waals surface area contributed by atoms with Crippen molar-refractivity contribution in [3.8, 4) is 0 Å². The minimum absolute atomic E-state index is 0.0888. The number of rotatable bonds is 2. The number of amides is 1. The van der Waals surface area contributed by atoms with Crippen molar-refractivity contribution in [1.82, 2.24) is 4.90 Å². The molecule has 6 heteroatoms. The first-order chi connectivity index (χ1) is 10.5. The number of benzene rings is 1. The first-order valence-electron chi connectivity index (χ1n) is 7.64. The lowest BCUT2D eigenvalue weighted by atomic mass is 9.98. The maximum absolute atomic E-state index is 12.6. The number of aliphatic hydroxyl groups is 2. The minimum atomic E-state index is -1.05. The average molecular weight is 369 g/mol. The van der Waals surface area contributed by atoms with Crippen molar-refractivity contribution >= 4 is 21.8 Å². The van der Waals surface area contributed by atoms with Crippen LogP contribution in [-0.2, 0) is 4.79 Å². The average Bonchev–Trinajstić information content (AvgIpc) is 3.08. The van der Waals surface area contributed by atoms with Crippen molar-refractivity contribution in [2.75, 3.05) is 13.1 Å². The lowest BCUT2D eigenvalue weighted by Crippen LogP contribution is -2.40. The molecule has 0 radical (unpaired) electrons. The monoisotopic (exact) mass is 368 g/mol. The van der Waals surface area contributed by atoms with Crippen LogP contribution in [0, 0.1) is 5.92 Å².